The van der Waals surface area contributed by atoms with E-state index in [4.69, 9.17) is 0 Å². The van der Waals surface area contributed by atoms with Gasteiger partial charge in [-0.1, -0.05) is 0 Å². The monoisotopic (exact) mass is 350 g/mol. The molecule has 1 N–H and O–H groups in total. The number of rotatable bonds is 3. The third kappa shape index (κ3) is 2.69. The Morgan fingerprint density at radius 3 is 2.73 bits per heavy atom. The number of likely N-dealkylation sites (tertiary alicyclic amines) is 1. The lowest BCUT2D eigenvalue weighted by molar-refractivity contribution is 0.0729. The van der Waals surface area contributed by atoms with Crippen LogP contribution in [-0.2, 0) is 7.05 Å². The van der Waals surface area contributed by atoms with Gasteiger partial charge in [-0.25, -0.2) is 0 Å². The molecule has 3 aromatic heterocycles. The number of carbonyl (C=O) groups excluding carboxylic acids is 1. The molecular weight excluding hydrogens is 328 g/mol. The predicted molar refractivity (Wildman–Crippen MR) is 97.5 cm³/mol. The van der Waals surface area contributed by atoms with E-state index < -0.39 is 0 Å². The number of hydrogen-bond acceptors (Lipinski definition) is 4. The van der Waals surface area contributed by atoms with Crippen molar-refractivity contribution in [3.05, 3.63) is 53.2 Å². The molecule has 0 bridgehead atoms. The predicted octanol–water partition coefficient (Wildman–Crippen LogP) is 2.80. The van der Waals surface area contributed by atoms with Crippen molar-refractivity contribution in [3.8, 4) is 11.3 Å². The molecule has 1 atom stereocenters. The third-order valence-corrected chi connectivity index (χ3v) is 5.18. The first-order valence-corrected chi connectivity index (χ1v) is 8.83. The van der Waals surface area contributed by atoms with Crippen molar-refractivity contribution in [2.75, 3.05) is 6.54 Å². The van der Waals surface area contributed by atoms with E-state index in [9.17, 15) is 4.79 Å². The quantitative estimate of drug-likeness (QED) is 0.788. The molecule has 4 rings (SSSR count). The molecule has 0 aliphatic carbocycles. The minimum Gasteiger partial charge on any atom is -0.330 e. The molecule has 4 heterocycles. The van der Waals surface area contributed by atoms with Crippen LogP contribution in [0.4, 0.5) is 0 Å². The fourth-order valence-electron chi connectivity index (χ4n) is 3.80. The summed E-state index contributed by atoms with van der Waals surface area (Å²) < 4.78 is 1.83. The molecule has 1 unspecified atom stereocenters. The summed E-state index contributed by atoms with van der Waals surface area (Å²) in [5, 5.41) is 11.7. The van der Waals surface area contributed by atoms with E-state index in [2.05, 4.69) is 20.3 Å². The maximum absolute atomic E-state index is 13.1. The molecule has 1 fully saturated rings. The van der Waals surface area contributed by atoms with E-state index in [-0.39, 0.29) is 11.9 Å². The van der Waals surface area contributed by atoms with Crippen molar-refractivity contribution in [1.82, 2.24) is 29.9 Å². The minimum atomic E-state index is -0.0118. The van der Waals surface area contributed by atoms with Crippen LogP contribution in [0, 0.1) is 13.8 Å². The van der Waals surface area contributed by atoms with Gasteiger partial charge in [-0.05, 0) is 50.5 Å². The van der Waals surface area contributed by atoms with Gasteiger partial charge >= 0.3 is 0 Å². The molecule has 26 heavy (non-hydrogen) atoms. The van der Waals surface area contributed by atoms with Crippen LogP contribution in [0.3, 0.4) is 0 Å². The van der Waals surface area contributed by atoms with Gasteiger partial charge < -0.3 is 4.90 Å². The SMILES string of the molecule is Cc1nn(C)c(C)c1-c1cc(C(=O)N2CCCC2c2ccncc2)[nH]n1. The van der Waals surface area contributed by atoms with Crippen LogP contribution in [-0.4, -0.2) is 42.3 Å². The Bertz CT molecular complexity index is 942. The maximum Gasteiger partial charge on any atom is 0.272 e. The van der Waals surface area contributed by atoms with Crippen LogP contribution in [0.1, 0.15) is 46.3 Å². The molecule has 3 aromatic rings. The Hall–Kier alpha value is -2.96. The number of hydrogen-bond donors (Lipinski definition) is 1. The van der Waals surface area contributed by atoms with Crippen LogP contribution in [0.15, 0.2) is 30.6 Å². The van der Waals surface area contributed by atoms with Crippen molar-refractivity contribution in [3.63, 3.8) is 0 Å². The van der Waals surface area contributed by atoms with Gasteiger partial charge in [0.05, 0.1) is 17.4 Å². The van der Waals surface area contributed by atoms with Crippen molar-refractivity contribution in [2.45, 2.75) is 32.7 Å². The Morgan fingerprint density at radius 1 is 1.27 bits per heavy atom. The normalized spacial score (nSPS) is 17.0. The number of pyridine rings is 1. The summed E-state index contributed by atoms with van der Waals surface area (Å²) in [4.78, 5) is 19.1. The van der Waals surface area contributed by atoms with Crippen molar-refractivity contribution in [2.24, 2.45) is 7.05 Å². The van der Waals surface area contributed by atoms with Crippen LogP contribution in [0.25, 0.3) is 11.3 Å². The summed E-state index contributed by atoms with van der Waals surface area (Å²) in [7, 11) is 1.91. The van der Waals surface area contributed by atoms with E-state index in [1.807, 2.05) is 48.7 Å². The zero-order valence-corrected chi connectivity index (χ0v) is 15.2. The lowest BCUT2D eigenvalue weighted by atomic mass is 10.1. The molecule has 1 aliphatic heterocycles. The lowest BCUT2D eigenvalue weighted by Crippen LogP contribution is -2.30. The summed E-state index contributed by atoms with van der Waals surface area (Å²) in [6.45, 7) is 4.72. The fraction of sp³-hybridized carbons (Fsp3) is 0.368. The van der Waals surface area contributed by atoms with Gasteiger partial charge in [-0.2, -0.15) is 10.2 Å². The summed E-state index contributed by atoms with van der Waals surface area (Å²) in [6, 6.07) is 5.90. The zero-order valence-electron chi connectivity index (χ0n) is 15.2. The Labute approximate surface area is 152 Å². The van der Waals surface area contributed by atoms with Gasteiger partial charge in [-0.3, -0.25) is 19.6 Å². The van der Waals surface area contributed by atoms with Gasteiger partial charge in [0.1, 0.15) is 5.69 Å². The van der Waals surface area contributed by atoms with E-state index in [0.29, 0.717) is 5.69 Å². The van der Waals surface area contributed by atoms with E-state index in [1.165, 1.54) is 0 Å². The Kier molecular flexibility index (Phi) is 4.06. The summed E-state index contributed by atoms with van der Waals surface area (Å²) in [6.07, 6.45) is 5.52. The summed E-state index contributed by atoms with van der Waals surface area (Å²) >= 11 is 0. The highest BCUT2D eigenvalue weighted by molar-refractivity contribution is 5.94. The van der Waals surface area contributed by atoms with Crippen LogP contribution < -0.4 is 0 Å². The first-order chi connectivity index (χ1) is 12.6. The highest BCUT2D eigenvalue weighted by Crippen LogP contribution is 2.33. The summed E-state index contributed by atoms with van der Waals surface area (Å²) in [5.41, 5.74) is 5.33. The molecular formula is C19H22N6O. The molecule has 0 radical (unpaired) electrons. The average molecular weight is 350 g/mol. The van der Waals surface area contributed by atoms with Crippen LogP contribution >= 0.6 is 0 Å². The second-order valence-electron chi connectivity index (χ2n) is 6.77. The van der Waals surface area contributed by atoms with Crippen LogP contribution in [0.2, 0.25) is 0 Å². The standard InChI is InChI=1S/C19H22N6O/c1-12-18(13(2)24(3)23-12)15-11-16(22-21-15)19(26)25-10-4-5-17(25)14-6-8-20-9-7-14/h6-9,11,17H,4-5,10H2,1-3H3,(H,21,22). The maximum atomic E-state index is 13.1. The zero-order chi connectivity index (χ0) is 18.3. The third-order valence-electron chi connectivity index (χ3n) is 5.18. The van der Waals surface area contributed by atoms with Crippen molar-refractivity contribution in [1.29, 1.82) is 0 Å². The molecule has 7 heteroatoms. The Morgan fingerprint density at radius 2 is 2.04 bits per heavy atom. The van der Waals surface area contributed by atoms with Gasteiger partial charge in [0.25, 0.3) is 5.91 Å². The van der Waals surface area contributed by atoms with Gasteiger partial charge in [0, 0.05) is 37.2 Å². The number of amides is 1. The molecule has 1 amide bonds. The minimum absolute atomic E-state index is 0.0118. The highest BCUT2D eigenvalue weighted by Gasteiger charge is 2.31. The number of carbonyl (C=O) groups is 1. The number of H-pyrrole nitrogens is 1. The molecule has 7 nitrogen and oxygen atoms in total. The summed E-state index contributed by atoms with van der Waals surface area (Å²) in [5.74, 6) is -0.0118. The molecule has 134 valence electrons. The largest absolute Gasteiger partial charge is 0.330 e. The van der Waals surface area contributed by atoms with Gasteiger partial charge in [0.2, 0.25) is 0 Å². The smallest absolute Gasteiger partial charge is 0.272 e. The number of aromatic amines is 1. The average Bonchev–Trinajstić information content (AvgIpc) is 3.36. The highest BCUT2D eigenvalue weighted by atomic mass is 16.2. The second-order valence-corrected chi connectivity index (χ2v) is 6.77. The van der Waals surface area contributed by atoms with Gasteiger partial charge in [-0.15, -0.1) is 0 Å². The molecule has 0 aromatic carbocycles. The van der Waals surface area contributed by atoms with E-state index >= 15 is 0 Å². The number of aryl methyl sites for hydroxylation is 2. The first kappa shape index (κ1) is 16.5. The topological polar surface area (TPSA) is 79.7 Å². The molecule has 0 saturated carbocycles. The Balaban J connectivity index is 1.62. The number of nitrogens with zero attached hydrogens (tertiary/aromatic N) is 5. The number of nitrogens with one attached hydrogen (secondary N) is 1. The lowest BCUT2D eigenvalue weighted by Gasteiger charge is -2.24. The van der Waals surface area contributed by atoms with Crippen molar-refractivity contribution >= 4 is 5.91 Å². The second kappa shape index (κ2) is 6.40. The first-order valence-electron chi connectivity index (χ1n) is 8.83. The molecule has 0 spiro atoms. The molecule has 1 aliphatic rings. The van der Waals surface area contributed by atoms with Crippen LogP contribution in [0.5, 0.6) is 0 Å². The van der Waals surface area contributed by atoms with Crippen molar-refractivity contribution < 1.29 is 4.79 Å². The molecule has 1 saturated heterocycles. The number of aromatic nitrogens is 5. The van der Waals surface area contributed by atoms with Gasteiger partial charge in [0.15, 0.2) is 0 Å². The van der Waals surface area contributed by atoms with E-state index in [0.717, 1.165) is 47.6 Å². The van der Waals surface area contributed by atoms with E-state index in [1.54, 1.807) is 12.4 Å². The fourth-order valence-corrected chi connectivity index (χ4v) is 3.80.